The van der Waals surface area contributed by atoms with Gasteiger partial charge in [0.2, 0.25) is 6.79 Å². The van der Waals surface area contributed by atoms with Crippen molar-refractivity contribution in [1.82, 2.24) is 0 Å². The zero-order valence-electron chi connectivity index (χ0n) is 15.1. The van der Waals surface area contributed by atoms with Gasteiger partial charge in [0.05, 0.1) is 15.6 Å². The van der Waals surface area contributed by atoms with Crippen LogP contribution < -0.4 is 14.8 Å². The highest BCUT2D eigenvalue weighted by Crippen LogP contribution is 2.32. The van der Waals surface area contributed by atoms with Crippen LogP contribution in [0, 0.1) is 10.1 Å². The number of hydrogen-bond acceptors (Lipinski definition) is 7. The van der Waals surface area contributed by atoms with Crippen molar-refractivity contribution in [3.05, 3.63) is 63.2 Å². The molecule has 1 aliphatic heterocycles. The highest BCUT2D eigenvalue weighted by atomic mass is 35.5. The Labute approximate surface area is 170 Å². The topological polar surface area (TPSA) is 117 Å². The maximum Gasteiger partial charge on any atom is 0.331 e. The van der Waals surface area contributed by atoms with Crippen LogP contribution in [0.2, 0.25) is 5.02 Å². The number of carbonyl (C=O) groups excluding carboxylic acids is 2. The average Bonchev–Trinajstić information content (AvgIpc) is 3.15. The minimum atomic E-state index is -1.15. The molecule has 2 aromatic carbocycles. The Morgan fingerprint density at radius 1 is 1.24 bits per heavy atom. The Morgan fingerprint density at radius 2 is 2.00 bits per heavy atom. The lowest BCUT2D eigenvalue weighted by molar-refractivity contribution is -0.384. The predicted molar refractivity (Wildman–Crippen MR) is 104 cm³/mol. The molecule has 0 saturated heterocycles. The van der Waals surface area contributed by atoms with Crippen LogP contribution in [-0.2, 0) is 14.3 Å². The van der Waals surface area contributed by atoms with Crippen molar-refractivity contribution in [1.29, 1.82) is 0 Å². The van der Waals surface area contributed by atoms with Crippen LogP contribution >= 0.6 is 11.6 Å². The molecule has 0 aromatic heterocycles. The molecule has 0 aliphatic carbocycles. The number of nitro groups is 1. The second kappa shape index (κ2) is 8.61. The summed E-state index contributed by atoms with van der Waals surface area (Å²) in [6, 6.07) is 8.77. The second-order valence-electron chi connectivity index (χ2n) is 5.94. The third-order valence-electron chi connectivity index (χ3n) is 3.89. The molecule has 9 nitrogen and oxygen atoms in total. The molecule has 1 atom stereocenters. The molecular weight excluding hydrogens is 404 g/mol. The summed E-state index contributed by atoms with van der Waals surface area (Å²) in [5, 5.41) is 13.4. The fraction of sp³-hybridized carbons (Fsp3) is 0.158. The van der Waals surface area contributed by atoms with Crippen molar-refractivity contribution < 1.29 is 28.7 Å². The van der Waals surface area contributed by atoms with E-state index in [0.717, 1.165) is 6.07 Å². The number of carbonyl (C=O) groups is 2. The normalized spacial score (nSPS) is 13.2. The van der Waals surface area contributed by atoms with Crippen LogP contribution in [0.5, 0.6) is 11.5 Å². The van der Waals surface area contributed by atoms with E-state index in [1.165, 1.54) is 31.2 Å². The molecule has 10 heteroatoms. The number of anilines is 1. The Kier molecular flexibility index (Phi) is 5.99. The molecule has 1 N–H and O–H groups in total. The molecule has 2 aromatic rings. The molecule has 0 radical (unpaired) electrons. The average molecular weight is 419 g/mol. The minimum absolute atomic E-state index is 0.0460. The first kappa shape index (κ1) is 20.2. The number of benzene rings is 2. The van der Waals surface area contributed by atoms with Gasteiger partial charge in [-0.05, 0) is 36.8 Å². The van der Waals surface area contributed by atoms with Gasteiger partial charge in [-0.25, -0.2) is 4.79 Å². The third-order valence-corrected chi connectivity index (χ3v) is 4.22. The number of ether oxygens (including phenoxy) is 3. The summed E-state index contributed by atoms with van der Waals surface area (Å²) in [5.41, 5.74) is 0.498. The summed E-state index contributed by atoms with van der Waals surface area (Å²) in [6.07, 6.45) is 1.52. The Hall–Kier alpha value is -3.59. The first-order valence-corrected chi connectivity index (χ1v) is 8.74. The van der Waals surface area contributed by atoms with Gasteiger partial charge in [-0.3, -0.25) is 14.9 Å². The molecule has 1 heterocycles. The van der Waals surface area contributed by atoms with Gasteiger partial charge in [-0.1, -0.05) is 17.7 Å². The zero-order valence-corrected chi connectivity index (χ0v) is 15.8. The molecule has 0 fully saturated rings. The smallest absolute Gasteiger partial charge is 0.331 e. The van der Waals surface area contributed by atoms with Crippen LogP contribution in [0.3, 0.4) is 0 Å². The van der Waals surface area contributed by atoms with Gasteiger partial charge < -0.3 is 19.5 Å². The highest BCUT2D eigenvalue weighted by molar-refractivity contribution is 6.33. The quantitative estimate of drug-likeness (QED) is 0.330. The van der Waals surface area contributed by atoms with Crippen molar-refractivity contribution in [2.24, 2.45) is 0 Å². The SMILES string of the molecule is C[C@@H](OC(=O)/C=C\c1ccc2c(c1)OCO2)C(=O)Nc1cc([N+](=O)[O-])ccc1Cl. The van der Waals surface area contributed by atoms with Gasteiger partial charge in [0.25, 0.3) is 11.6 Å². The predicted octanol–water partition coefficient (Wildman–Crippen LogP) is 3.56. The van der Waals surface area contributed by atoms with Crippen LogP contribution in [-0.4, -0.2) is 29.7 Å². The Morgan fingerprint density at radius 3 is 2.76 bits per heavy atom. The fourth-order valence-corrected chi connectivity index (χ4v) is 2.57. The van der Waals surface area contributed by atoms with Crippen LogP contribution in [0.4, 0.5) is 11.4 Å². The Balaban J connectivity index is 1.58. The standard InChI is InChI=1S/C19H15ClN2O7/c1-11(19(24)21-15-9-13(22(25)26)4-5-14(15)20)29-18(23)7-3-12-2-6-16-17(8-12)28-10-27-16/h2-9,11H,10H2,1H3,(H,21,24)/b7-3-/t11-/m1/s1. The van der Waals surface area contributed by atoms with Gasteiger partial charge in [-0.15, -0.1) is 0 Å². The number of nitro benzene ring substituents is 1. The number of non-ortho nitro benzene ring substituents is 1. The maximum absolute atomic E-state index is 12.2. The number of halogens is 1. The number of amides is 1. The van der Waals surface area contributed by atoms with Crippen molar-refractivity contribution >= 4 is 40.9 Å². The number of esters is 1. The maximum atomic E-state index is 12.2. The van der Waals surface area contributed by atoms with E-state index in [0.29, 0.717) is 17.1 Å². The molecule has 29 heavy (non-hydrogen) atoms. The van der Waals surface area contributed by atoms with Gasteiger partial charge in [0.1, 0.15) is 0 Å². The van der Waals surface area contributed by atoms with E-state index in [1.807, 2.05) is 0 Å². The number of hydrogen-bond donors (Lipinski definition) is 1. The lowest BCUT2D eigenvalue weighted by Gasteiger charge is -2.13. The molecule has 150 valence electrons. The summed E-state index contributed by atoms with van der Waals surface area (Å²) < 4.78 is 15.5. The van der Waals surface area contributed by atoms with Crippen molar-refractivity contribution in [2.75, 3.05) is 12.1 Å². The van der Waals surface area contributed by atoms with Crippen LogP contribution in [0.25, 0.3) is 6.08 Å². The molecular formula is C19H15ClN2O7. The number of fused-ring (bicyclic) bond motifs is 1. The number of nitrogens with one attached hydrogen (secondary N) is 1. The molecule has 1 aliphatic rings. The fourth-order valence-electron chi connectivity index (χ4n) is 2.41. The van der Waals surface area contributed by atoms with Gasteiger partial charge >= 0.3 is 5.97 Å². The van der Waals surface area contributed by atoms with Gasteiger partial charge in [-0.2, -0.15) is 0 Å². The van der Waals surface area contributed by atoms with E-state index >= 15 is 0 Å². The first-order chi connectivity index (χ1) is 13.8. The van der Waals surface area contributed by atoms with E-state index < -0.39 is 22.9 Å². The van der Waals surface area contributed by atoms with Crippen LogP contribution in [0.1, 0.15) is 12.5 Å². The number of nitrogens with zero attached hydrogens (tertiary/aromatic N) is 1. The second-order valence-corrected chi connectivity index (χ2v) is 6.34. The first-order valence-electron chi connectivity index (χ1n) is 8.36. The van der Waals surface area contributed by atoms with E-state index in [2.05, 4.69) is 5.32 Å². The lowest BCUT2D eigenvalue weighted by Crippen LogP contribution is -2.29. The molecule has 0 bridgehead atoms. The lowest BCUT2D eigenvalue weighted by atomic mass is 10.2. The van der Waals surface area contributed by atoms with Crippen molar-refractivity contribution in [3.8, 4) is 11.5 Å². The minimum Gasteiger partial charge on any atom is -0.454 e. The summed E-state index contributed by atoms with van der Waals surface area (Å²) in [5.74, 6) is -0.232. The van der Waals surface area contributed by atoms with Crippen molar-refractivity contribution in [3.63, 3.8) is 0 Å². The number of rotatable bonds is 6. The summed E-state index contributed by atoms with van der Waals surface area (Å²) >= 11 is 5.94. The van der Waals surface area contributed by atoms with Crippen LogP contribution in [0.15, 0.2) is 42.5 Å². The van der Waals surface area contributed by atoms with Gasteiger partial charge in [0.15, 0.2) is 17.6 Å². The molecule has 0 unspecified atom stereocenters. The van der Waals surface area contributed by atoms with E-state index in [4.69, 9.17) is 25.8 Å². The zero-order chi connectivity index (χ0) is 21.0. The summed E-state index contributed by atoms with van der Waals surface area (Å²) in [7, 11) is 0. The molecule has 1 amide bonds. The van der Waals surface area contributed by atoms with E-state index in [1.54, 1.807) is 18.2 Å². The molecule has 0 saturated carbocycles. The van der Waals surface area contributed by atoms with Gasteiger partial charge in [0, 0.05) is 18.2 Å². The van der Waals surface area contributed by atoms with E-state index in [-0.39, 0.29) is 23.2 Å². The third kappa shape index (κ3) is 5.02. The Bertz CT molecular complexity index is 1010. The molecule has 3 rings (SSSR count). The summed E-state index contributed by atoms with van der Waals surface area (Å²) in [4.78, 5) is 34.4. The monoisotopic (exact) mass is 418 g/mol. The summed E-state index contributed by atoms with van der Waals surface area (Å²) in [6.45, 7) is 1.51. The molecule has 0 spiro atoms. The highest BCUT2D eigenvalue weighted by Gasteiger charge is 2.19. The largest absolute Gasteiger partial charge is 0.454 e. The van der Waals surface area contributed by atoms with Crippen molar-refractivity contribution in [2.45, 2.75) is 13.0 Å². The van der Waals surface area contributed by atoms with E-state index in [9.17, 15) is 19.7 Å².